The van der Waals surface area contributed by atoms with Gasteiger partial charge in [-0.2, -0.15) is 0 Å². The molecular weight excluding hydrogens is 500 g/mol. The number of likely N-dealkylation sites (tertiary alicyclic amines) is 1. The van der Waals surface area contributed by atoms with Gasteiger partial charge in [-0.25, -0.2) is 0 Å². The molecule has 1 aliphatic carbocycles. The Kier molecular flexibility index (Phi) is 11.4. The Labute approximate surface area is 242 Å². The molecule has 1 saturated heterocycles. The van der Waals surface area contributed by atoms with Crippen molar-refractivity contribution in [1.82, 2.24) is 15.1 Å². The van der Waals surface area contributed by atoms with Crippen LogP contribution in [-0.4, -0.2) is 65.3 Å². The third-order valence-electron chi connectivity index (χ3n) is 8.64. The van der Waals surface area contributed by atoms with Crippen LogP contribution < -0.4 is 10.6 Å². The zero-order valence-corrected chi connectivity index (χ0v) is 26.0. The molecule has 7 heteroatoms. The van der Waals surface area contributed by atoms with Crippen LogP contribution in [0.25, 0.3) is 0 Å². The molecule has 1 aliphatic heterocycles. The van der Waals surface area contributed by atoms with Crippen molar-refractivity contribution in [2.75, 3.05) is 18.9 Å². The van der Waals surface area contributed by atoms with Gasteiger partial charge in [-0.05, 0) is 94.9 Å². The number of piperidine rings is 1. The monoisotopic (exact) mass is 552 g/mol. The quantitative estimate of drug-likeness (QED) is 0.384. The molecule has 0 bridgehead atoms. The molecule has 1 aromatic rings. The van der Waals surface area contributed by atoms with Crippen LogP contribution in [0, 0.1) is 11.8 Å². The molecule has 222 valence electrons. The van der Waals surface area contributed by atoms with Crippen LogP contribution in [0.3, 0.4) is 0 Å². The number of nitrogens with zero attached hydrogens (tertiary/aromatic N) is 2. The summed E-state index contributed by atoms with van der Waals surface area (Å²) < 4.78 is 0. The van der Waals surface area contributed by atoms with Gasteiger partial charge in [-0.3, -0.25) is 19.3 Å². The third kappa shape index (κ3) is 7.74. The first-order valence-corrected chi connectivity index (χ1v) is 15.4. The Morgan fingerprint density at radius 2 is 1.68 bits per heavy atom. The Hall–Kier alpha value is -2.67. The number of carbonyl (C=O) groups is 3. The smallest absolute Gasteiger partial charge is 0.251 e. The number of aryl methyl sites for hydroxylation is 1. The summed E-state index contributed by atoms with van der Waals surface area (Å²) >= 11 is 0. The number of benzene rings is 1. The van der Waals surface area contributed by atoms with Gasteiger partial charge in [0.25, 0.3) is 5.91 Å². The summed E-state index contributed by atoms with van der Waals surface area (Å²) in [6, 6.07) is 5.29. The number of amides is 3. The molecule has 7 nitrogen and oxygen atoms in total. The number of hydrogen-bond acceptors (Lipinski definition) is 4. The second-order valence-electron chi connectivity index (χ2n) is 12.7. The summed E-state index contributed by atoms with van der Waals surface area (Å²) in [6.07, 6.45) is 9.20. The highest BCUT2D eigenvalue weighted by atomic mass is 16.2. The minimum Gasteiger partial charge on any atom is -0.343 e. The topological polar surface area (TPSA) is 81.8 Å². The van der Waals surface area contributed by atoms with Crippen molar-refractivity contribution in [2.24, 2.45) is 11.8 Å². The summed E-state index contributed by atoms with van der Waals surface area (Å²) in [5, 5.41) is 6.24. The van der Waals surface area contributed by atoms with Crippen LogP contribution >= 0.6 is 0 Å². The summed E-state index contributed by atoms with van der Waals surface area (Å²) in [7, 11) is 1.78. The Balaban J connectivity index is 1.74. The number of nitrogens with one attached hydrogen (secondary N) is 2. The molecule has 3 rings (SSSR count). The molecule has 2 N–H and O–H groups in total. The highest BCUT2D eigenvalue weighted by molar-refractivity contribution is 6.04. The van der Waals surface area contributed by atoms with Gasteiger partial charge < -0.3 is 15.5 Å². The minimum atomic E-state index is -0.631. The summed E-state index contributed by atoms with van der Waals surface area (Å²) in [6.45, 7) is 15.0. The molecule has 40 heavy (non-hydrogen) atoms. The maximum Gasteiger partial charge on any atom is 0.251 e. The van der Waals surface area contributed by atoms with E-state index in [1.165, 1.54) is 17.5 Å². The predicted octanol–water partition coefficient (Wildman–Crippen LogP) is 5.34. The van der Waals surface area contributed by atoms with E-state index in [2.05, 4.69) is 49.3 Å². The van der Waals surface area contributed by atoms with Crippen molar-refractivity contribution in [3.63, 3.8) is 0 Å². The lowest BCUT2D eigenvalue weighted by molar-refractivity contribution is -0.140. The van der Waals surface area contributed by atoms with Crippen LogP contribution in [0.5, 0.6) is 0 Å². The number of likely N-dealkylation sites (N-methyl/N-ethyl adjacent to an activating group) is 1. The fourth-order valence-electron chi connectivity index (χ4n) is 6.19. The molecule has 1 fully saturated rings. The first-order chi connectivity index (χ1) is 18.9. The second-order valence-corrected chi connectivity index (χ2v) is 12.7. The van der Waals surface area contributed by atoms with Gasteiger partial charge in [0.15, 0.2) is 0 Å². The summed E-state index contributed by atoms with van der Waals surface area (Å²) in [5.74, 6) is -0.326. The average molecular weight is 553 g/mol. The fourth-order valence-corrected chi connectivity index (χ4v) is 6.19. The molecule has 3 atom stereocenters. The Morgan fingerprint density at radius 3 is 2.33 bits per heavy atom. The van der Waals surface area contributed by atoms with Crippen molar-refractivity contribution < 1.29 is 14.4 Å². The van der Waals surface area contributed by atoms with Crippen LogP contribution in [0.1, 0.15) is 91.7 Å². The molecule has 1 aromatic carbocycles. The van der Waals surface area contributed by atoms with Gasteiger partial charge >= 0.3 is 0 Å². The largest absolute Gasteiger partial charge is 0.343 e. The highest BCUT2D eigenvalue weighted by Crippen LogP contribution is 2.28. The van der Waals surface area contributed by atoms with Gasteiger partial charge in [0.2, 0.25) is 11.8 Å². The predicted molar refractivity (Wildman–Crippen MR) is 163 cm³/mol. The van der Waals surface area contributed by atoms with E-state index in [0.29, 0.717) is 5.57 Å². The van der Waals surface area contributed by atoms with E-state index in [0.717, 1.165) is 50.8 Å². The molecule has 0 aromatic heterocycles. The van der Waals surface area contributed by atoms with E-state index >= 15 is 0 Å². The zero-order chi connectivity index (χ0) is 29.6. The first-order valence-electron chi connectivity index (χ1n) is 15.4. The number of anilines is 1. The van der Waals surface area contributed by atoms with Crippen molar-refractivity contribution in [3.05, 3.63) is 41.0 Å². The SMILES string of the molecule is C/C(=C\[C@H](C(C)C)N(C)C(=O)[C@@H](NC(=O)C1CCCCN1C(C)C)C(C)C)C(=O)Nc1cccc2c1CCCC2. The molecule has 0 spiro atoms. The van der Waals surface area contributed by atoms with Crippen molar-refractivity contribution >= 4 is 23.4 Å². The lowest BCUT2D eigenvalue weighted by Crippen LogP contribution is -2.58. The van der Waals surface area contributed by atoms with Crippen molar-refractivity contribution in [3.8, 4) is 0 Å². The Morgan fingerprint density at radius 1 is 0.975 bits per heavy atom. The van der Waals surface area contributed by atoms with Crippen LogP contribution in [0.15, 0.2) is 29.8 Å². The molecule has 3 amide bonds. The summed E-state index contributed by atoms with van der Waals surface area (Å²) in [5.41, 5.74) is 4.03. The van der Waals surface area contributed by atoms with E-state index in [4.69, 9.17) is 0 Å². The maximum atomic E-state index is 13.8. The first kappa shape index (κ1) is 31.9. The van der Waals surface area contributed by atoms with Crippen molar-refractivity contribution in [2.45, 2.75) is 118 Å². The highest BCUT2D eigenvalue weighted by Gasteiger charge is 2.36. The molecule has 0 radical (unpaired) electrons. The van der Waals surface area contributed by atoms with E-state index in [1.54, 1.807) is 11.9 Å². The third-order valence-corrected chi connectivity index (χ3v) is 8.64. The second kappa shape index (κ2) is 14.3. The molecule has 1 heterocycles. The number of hydrogen-bond donors (Lipinski definition) is 2. The standard InChI is InChI=1S/C33H52N4O3/c1-21(2)29(20-24(7)31(38)34-27-17-13-15-25-14-9-10-16-26(25)27)36(8)33(40)30(22(3)4)35-32(39)28-18-11-12-19-37(28)23(5)6/h13,15,17,20-23,28-30H,9-12,14,16,18-19H2,1-8H3,(H,34,38)(H,35,39)/b24-20+/t28?,29-,30+/m1/s1. The maximum absolute atomic E-state index is 13.8. The Bertz CT molecular complexity index is 1080. The van der Waals surface area contributed by atoms with Crippen molar-refractivity contribution in [1.29, 1.82) is 0 Å². The fraction of sp³-hybridized carbons (Fsp3) is 0.667. The molecular formula is C33H52N4O3. The lowest BCUT2D eigenvalue weighted by Gasteiger charge is -2.39. The van der Waals surface area contributed by atoms with Crippen LogP contribution in [0.2, 0.25) is 0 Å². The van der Waals surface area contributed by atoms with Crippen LogP contribution in [-0.2, 0) is 27.2 Å². The van der Waals surface area contributed by atoms with E-state index < -0.39 is 6.04 Å². The van der Waals surface area contributed by atoms with E-state index in [1.807, 2.05) is 39.0 Å². The number of carbonyl (C=O) groups excluding carboxylic acids is 3. The van der Waals surface area contributed by atoms with Crippen LogP contribution in [0.4, 0.5) is 5.69 Å². The lowest BCUT2D eigenvalue weighted by atomic mass is 9.90. The molecule has 1 unspecified atom stereocenters. The van der Waals surface area contributed by atoms with Gasteiger partial charge in [-0.15, -0.1) is 0 Å². The minimum absolute atomic E-state index is 0.0627. The van der Waals surface area contributed by atoms with Gasteiger partial charge in [0.1, 0.15) is 6.04 Å². The van der Waals surface area contributed by atoms with E-state index in [-0.39, 0.29) is 47.7 Å². The van der Waals surface area contributed by atoms with E-state index in [9.17, 15) is 14.4 Å². The summed E-state index contributed by atoms with van der Waals surface area (Å²) in [4.78, 5) is 44.5. The molecule has 2 aliphatic rings. The van der Waals surface area contributed by atoms with Gasteiger partial charge in [0, 0.05) is 24.4 Å². The van der Waals surface area contributed by atoms with Gasteiger partial charge in [-0.1, -0.05) is 52.3 Å². The normalized spacial score (nSPS) is 19.8. The number of fused-ring (bicyclic) bond motifs is 1. The molecule has 0 saturated carbocycles. The number of rotatable bonds is 10. The average Bonchev–Trinajstić information content (AvgIpc) is 2.93. The van der Waals surface area contributed by atoms with Gasteiger partial charge in [0.05, 0.1) is 12.1 Å². The zero-order valence-electron chi connectivity index (χ0n) is 26.0.